The van der Waals surface area contributed by atoms with E-state index in [1.54, 1.807) is 4.52 Å². The maximum atomic E-state index is 13.2. The molecule has 8 nitrogen and oxygen atoms in total. The van der Waals surface area contributed by atoms with Crippen molar-refractivity contribution in [1.82, 2.24) is 29.4 Å². The SMILES string of the molecule is CCc1ccc(NC(=O)[C@H](CC)Sc2nc3ccccc3c3nc(CCn4nc(C)cc4C)nn23)cc1. The highest BCUT2D eigenvalue weighted by Crippen LogP contribution is 2.29. The van der Waals surface area contributed by atoms with Gasteiger partial charge >= 0.3 is 0 Å². The van der Waals surface area contributed by atoms with Crippen LogP contribution in [0.5, 0.6) is 0 Å². The molecule has 0 aliphatic carbocycles. The number of hydrogen-bond donors (Lipinski definition) is 1. The van der Waals surface area contributed by atoms with Gasteiger partial charge in [-0.2, -0.15) is 9.61 Å². The Kier molecular flexibility index (Phi) is 7.23. The first-order valence-corrected chi connectivity index (χ1v) is 13.5. The van der Waals surface area contributed by atoms with Crippen molar-refractivity contribution in [1.29, 1.82) is 0 Å². The molecule has 5 aromatic rings. The lowest BCUT2D eigenvalue weighted by Gasteiger charge is -2.15. The fourth-order valence-electron chi connectivity index (χ4n) is 4.36. The van der Waals surface area contributed by atoms with Crippen molar-refractivity contribution in [3.05, 3.63) is 77.4 Å². The van der Waals surface area contributed by atoms with Crippen molar-refractivity contribution in [2.24, 2.45) is 0 Å². The van der Waals surface area contributed by atoms with E-state index in [-0.39, 0.29) is 11.2 Å². The summed E-state index contributed by atoms with van der Waals surface area (Å²) in [4.78, 5) is 22.9. The van der Waals surface area contributed by atoms with Crippen LogP contribution in [-0.2, 0) is 24.2 Å². The van der Waals surface area contributed by atoms with E-state index in [0.29, 0.717) is 24.5 Å². The van der Waals surface area contributed by atoms with Gasteiger partial charge in [-0.05, 0) is 62.6 Å². The molecule has 0 radical (unpaired) electrons. The maximum Gasteiger partial charge on any atom is 0.237 e. The van der Waals surface area contributed by atoms with E-state index in [2.05, 4.69) is 30.3 Å². The Labute approximate surface area is 220 Å². The Hall–Kier alpha value is -3.72. The third-order valence-corrected chi connectivity index (χ3v) is 7.69. The van der Waals surface area contributed by atoms with Crippen LogP contribution in [0.25, 0.3) is 16.6 Å². The van der Waals surface area contributed by atoms with Gasteiger partial charge in [-0.1, -0.05) is 49.9 Å². The number of carbonyl (C=O) groups is 1. The first-order valence-electron chi connectivity index (χ1n) is 12.7. The zero-order chi connectivity index (χ0) is 25.9. The topological polar surface area (TPSA) is 90.0 Å². The van der Waals surface area contributed by atoms with Crippen molar-refractivity contribution < 1.29 is 4.79 Å². The summed E-state index contributed by atoms with van der Waals surface area (Å²) >= 11 is 1.42. The number of carbonyl (C=O) groups excluding carboxylic acids is 1. The number of nitrogens with one attached hydrogen (secondary N) is 1. The molecule has 3 aromatic heterocycles. The van der Waals surface area contributed by atoms with Crippen molar-refractivity contribution in [2.75, 3.05) is 5.32 Å². The van der Waals surface area contributed by atoms with E-state index in [1.165, 1.54) is 17.3 Å². The summed E-state index contributed by atoms with van der Waals surface area (Å²) in [6.07, 6.45) is 2.26. The molecule has 0 bridgehead atoms. The molecule has 2 aromatic carbocycles. The lowest BCUT2D eigenvalue weighted by atomic mass is 10.1. The number of aromatic nitrogens is 6. The molecule has 0 aliphatic heterocycles. The normalized spacial score (nSPS) is 12.3. The number of benzene rings is 2. The van der Waals surface area contributed by atoms with E-state index in [9.17, 15) is 4.79 Å². The van der Waals surface area contributed by atoms with Crippen LogP contribution >= 0.6 is 11.8 Å². The number of anilines is 1. The van der Waals surface area contributed by atoms with Crippen molar-refractivity contribution in [2.45, 2.75) is 63.9 Å². The Morgan fingerprint density at radius 3 is 2.51 bits per heavy atom. The first-order chi connectivity index (χ1) is 17.9. The summed E-state index contributed by atoms with van der Waals surface area (Å²) in [5.41, 5.74) is 5.74. The molecule has 0 aliphatic rings. The monoisotopic (exact) mass is 513 g/mol. The minimum absolute atomic E-state index is 0.0512. The summed E-state index contributed by atoms with van der Waals surface area (Å²) in [6.45, 7) is 8.87. The van der Waals surface area contributed by atoms with Crippen LogP contribution in [0, 0.1) is 13.8 Å². The van der Waals surface area contributed by atoms with Gasteiger partial charge in [0.25, 0.3) is 0 Å². The zero-order valence-electron chi connectivity index (χ0n) is 21.6. The number of aryl methyl sites for hydroxylation is 5. The van der Waals surface area contributed by atoms with Crippen molar-refractivity contribution >= 4 is 39.9 Å². The quantitative estimate of drug-likeness (QED) is 0.210. The number of amides is 1. The summed E-state index contributed by atoms with van der Waals surface area (Å²) < 4.78 is 3.77. The highest BCUT2D eigenvalue weighted by molar-refractivity contribution is 8.00. The largest absolute Gasteiger partial charge is 0.325 e. The second-order valence-electron chi connectivity index (χ2n) is 9.13. The van der Waals surface area contributed by atoms with Crippen LogP contribution in [0.1, 0.15) is 43.0 Å². The number of hydrogen-bond acceptors (Lipinski definition) is 6. The van der Waals surface area contributed by atoms with Gasteiger partial charge < -0.3 is 5.32 Å². The smallest absolute Gasteiger partial charge is 0.237 e. The molecule has 37 heavy (non-hydrogen) atoms. The van der Waals surface area contributed by atoms with Gasteiger partial charge in [-0.15, -0.1) is 5.10 Å². The van der Waals surface area contributed by atoms with Gasteiger partial charge in [-0.25, -0.2) is 9.97 Å². The number of thioether (sulfide) groups is 1. The van der Waals surface area contributed by atoms with Gasteiger partial charge in [0, 0.05) is 29.7 Å². The van der Waals surface area contributed by atoms with Gasteiger partial charge in [0.15, 0.2) is 16.6 Å². The Balaban J connectivity index is 1.43. The molecule has 1 N–H and O–H groups in total. The minimum atomic E-state index is -0.329. The Bertz CT molecular complexity index is 1550. The number of fused-ring (bicyclic) bond motifs is 3. The summed E-state index contributed by atoms with van der Waals surface area (Å²) in [5.74, 6) is 0.672. The Morgan fingerprint density at radius 2 is 1.81 bits per heavy atom. The molecule has 0 saturated carbocycles. The standard InChI is InChI=1S/C28H31N7OS/c1-5-20-11-13-21(14-12-20)29-27(36)24(6-2)37-28-30-23-10-8-7-9-22(23)26-31-25(33-35(26)28)15-16-34-19(4)17-18(3)32-34/h7-14,17,24H,5-6,15-16H2,1-4H3,(H,29,36)/t24-/m0/s1. The van der Waals surface area contributed by atoms with E-state index in [1.807, 2.05) is 67.1 Å². The molecule has 9 heteroatoms. The summed E-state index contributed by atoms with van der Waals surface area (Å²) in [7, 11) is 0. The molecule has 0 spiro atoms. The number of nitrogens with zero attached hydrogens (tertiary/aromatic N) is 6. The summed E-state index contributed by atoms with van der Waals surface area (Å²) in [5, 5.41) is 13.7. The molecule has 3 heterocycles. The molecular weight excluding hydrogens is 482 g/mol. The highest BCUT2D eigenvalue weighted by Gasteiger charge is 2.23. The maximum absolute atomic E-state index is 13.2. The average molecular weight is 514 g/mol. The van der Waals surface area contributed by atoms with Crippen LogP contribution in [0.4, 0.5) is 5.69 Å². The van der Waals surface area contributed by atoms with E-state index in [0.717, 1.165) is 45.9 Å². The zero-order valence-corrected chi connectivity index (χ0v) is 22.4. The third kappa shape index (κ3) is 5.36. The lowest BCUT2D eigenvalue weighted by Crippen LogP contribution is -2.25. The number of rotatable bonds is 9. The fourth-order valence-corrected chi connectivity index (χ4v) is 5.32. The van der Waals surface area contributed by atoms with Gasteiger partial charge in [-0.3, -0.25) is 9.48 Å². The number of para-hydroxylation sites is 1. The molecule has 1 atom stereocenters. The predicted molar refractivity (Wildman–Crippen MR) is 148 cm³/mol. The predicted octanol–water partition coefficient (Wildman–Crippen LogP) is 5.41. The van der Waals surface area contributed by atoms with Gasteiger partial charge in [0.2, 0.25) is 5.91 Å². The molecule has 5 rings (SSSR count). The minimum Gasteiger partial charge on any atom is -0.325 e. The van der Waals surface area contributed by atoms with Crippen LogP contribution in [0.3, 0.4) is 0 Å². The highest BCUT2D eigenvalue weighted by atomic mass is 32.2. The average Bonchev–Trinajstić information content (AvgIpc) is 3.48. The lowest BCUT2D eigenvalue weighted by molar-refractivity contribution is -0.115. The van der Waals surface area contributed by atoms with E-state index in [4.69, 9.17) is 15.1 Å². The van der Waals surface area contributed by atoms with Gasteiger partial charge in [0.1, 0.15) is 0 Å². The molecule has 1 amide bonds. The second kappa shape index (κ2) is 10.7. The molecular formula is C28H31N7OS. The molecule has 0 saturated heterocycles. The first kappa shape index (κ1) is 25.0. The molecule has 190 valence electrons. The fraction of sp³-hybridized carbons (Fsp3) is 0.321. The van der Waals surface area contributed by atoms with Crippen molar-refractivity contribution in [3.63, 3.8) is 0 Å². The van der Waals surface area contributed by atoms with Gasteiger partial charge in [0.05, 0.1) is 16.5 Å². The van der Waals surface area contributed by atoms with Crippen LogP contribution in [0.2, 0.25) is 0 Å². The molecule has 0 unspecified atom stereocenters. The van der Waals surface area contributed by atoms with Crippen molar-refractivity contribution in [3.8, 4) is 0 Å². The van der Waals surface area contributed by atoms with E-state index >= 15 is 0 Å². The molecule has 0 fully saturated rings. The van der Waals surface area contributed by atoms with Crippen LogP contribution < -0.4 is 5.32 Å². The second-order valence-corrected chi connectivity index (χ2v) is 10.3. The third-order valence-electron chi connectivity index (χ3n) is 6.38. The summed E-state index contributed by atoms with van der Waals surface area (Å²) in [6, 6.07) is 18.0. The van der Waals surface area contributed by atoms with Crippen LogP contribution in [0.15, 0.2) is 59.8 Å². The van der Waals surface area contributed by atoms with E-state index < -0.39 is 0 Å². The van der Waals surface area contributed by atoms with Crippen LogP contribution in [-0.4, -0.2) is 40.5 Å². The Morgan fingerprint density at radius 1 is 1.03 bits per heavy atom.